The SMILES string of the molecule is Cc1cc(-c2cn3nc(NC4CCC(O)CC4)sc3n2)cc(C)c1O. The van der Waals surface area contributed by atoms with Crippen molar-refractivity contribution in [2.45, 2.75) is 51.7 Å². The maximum Gasteiger partial charge on any atom is 0.214 e. The summed E-state index contributed by atoms with van der Waals surface area (Å²) in [6.07, 6.45) is 5.42. The molecule has 1 aliphatic rings. The van der Waals surface area contributed by atoms with E-state index in [-0.39, 0.29) is 6.10 Å². The van der Waals surface area contributed by atoms with Crippen LogP contribution in [0.4, 0.5) is 5.13 Å². The standard InChI is InChI=1S/C18H22N4O2S/c1-10-7-12(8-11(2)16(10)24)15-9-22-18(20-15)25-17(21-22)19-13-3-5-14(23)6-4-13/h7-9,13-14,23-24H,3-6H2,1-2H3,(H,19,21). The first-order chi connectivity index (χ1) is 12.0. The second-order valence-corrected chi connectivity index (χ2v) is 7.82. The number of hydrogen-bond acceptors (Lipinski definition) is 6. The summed E-state index contributed by atoms with van der Waals surface area (Å²) in [6.45, 7) is 3.79. The molecule has 0 spiro atoms. The number of benzene rings is 1. The molecule has 132 valence electrons. The van der Waals surface area contributed by atoms with Crippen LogP contribution in [-0.4, -0.2) is 37.0 Å². The highest BCUT2D eigenvalue weighted by atomic mass is 32.1. The minimum Gasteiger partial charge on any atom is -0.507 e. The van der Waals surface area contributed by atoms with Crippen LogP contribution in [-0.2, 0) is 0 Å². The van der Waals surface area contributed by atoms with Crippen molar-refractivity contribution < 1.29 is 10.2 Å². The maximum absolute atomic E-state index is 9.93. The van der Waals surface area contributed by atoms with Gasteiger partial charge in [-0.2, -0.15) is 0 Å². The molecule has 1 saturated carbocycles. The molecule has 3 N–H and O–H groups in total. The number of aromatic nitrogens is 3. The molecule has 0 amide bonds. The third kappa shape index (κ3) is 3.21. The molecule has 0 unspecified atom stereocenters. The number of nitrogens with one attached hydrogen (secondary N) is 1. The summed E-state index contributed by atoms with van der Waals surface area (Å²) in [5, 5.41) is 28.4. The number of fused-ring (bicyclic) bond motifs is 1. The van der Waals surface area contributed by atoms with Crippen molar-refractivity contribution in [3.63, 3.8) is 0 Å². The Bertz CT molecular complexity index is 855. The number of phenols is 1. The van der Waals surface area contributed by atoms with E-state index in [2.05, 4.69) is 15.4 Å². The van der Waals surface area contributed by atoms with Gasteiger partial charge in [0.15, 0.2) is 0 Å². The minimum atomic E-state index is -0.147. The molecule has 0 radical (unpaired) electrons. The third-order valence-electron chi connectivity index (χ3n) is 4.85. The van der Waals surface area contributed by atoms with Crippen molar-refractivity contribution >= 4 is 21.4 Å². The van der Waals surface area contributed by atoms with E-state index < -0.39 is 0 Å². The van der Waals surface area contributed by atoms with Crippen LogP contribution >= 0.6 is 11.3 Å². The van der Waals surface area contributed by atoms with Gasteiger partial charge >= 0.3 is 0 Å². The molecule has 4 rings (SSSR count). The Hall–Kier alpha value is -2.12. The van der Waals surface area contributed by atoms with Gasteiger partial charge in [0.25, 0.3) is 0 Å². The fraction of sp³-hybridized carbons (Fsp3) is 0.444. The van der Waals surface area contributed by atoms with Gasteiger partial charge in [-0.1, -0.05) is 11.3 Å². The zero-order chi connectivity index (χ0) is 17.6. The van der Waals surface area contributed by atoms with E-state index in [0.29, 0.717) is 11.8 Å². The molecule has 25 heavy (non-hydrogen) atoms. The Morgan fingerprint density at radius 1 is 1.16 bits per heavy atom. The number of aromatic hydroxyl groups is 1. The number of imidazole rings is 1. The van der Waals surface area contributed by atoms with Crippen LogP contribution in [0, 0.1) is 13.8 Å². The Morgan fingerprint density at radius 2 is 1.84 bits per heavy atom. The number of aliphatic hydroxyl groups is 1. The second-order valence-electron chi connectivity index (χ2n) is 6.87. The largest absolute Gasteiger partial charge is 0.507 e. The molecule has 2 heterocycles. The van der Waals surface area contributed by atoms with Crippen molar-refractivity contribution in [2.75, 3.05) is 5.32 Å². The molecule has 0 atom stereocenters. The maximum atomic E-state index is 9.93. The molecule has 0 bridgehead atoms. The van der Waals surface area contributed by atoms with Crippen molar-refractivity contribution in [2.24, 2.45) is 0 Å². The molecule has 1 fully saturated rings. The van der Waals surface area contributed by atoms with Gasteiger partial charge in [0.1, 0.15) is 5.75 Å². The van der Waals surface area contributed by atoms with Crippen LogP contribution in [0.25, 0.3) is 16.2 Å². The van der Waals surface area contributed by atoms with E-state index in [1.807, 2.05) is 32.2 Å². The van der Waals surface area contributed by atoms with Gasteiger partial charge in [0.05, 0.1) is 18.0 Å². The van der Waals surface area contributed by atoms with Gasteiger partial charge in [0, 0.05) is 11.6 Å². The van der Waals surface area contributed by atoms with E-state index in [9.17, 15) is 10.2 Å². The van der Waals surface area contributed by atoms with Gasteiger partial charge < -0.3 is 15.5 Å². The van der Waals surface area contributed by atoms with E-state index in [1.54, 1.807) is 4.52 Å². The predicted molar refractivity (Wildman–Crippen MR) is 99.3 cm³/mol. The third-order valence-corrected chi connectivity index (χ3v) is 5.71. The molecule has 6 nitrogen and oxygen atoms in total. The number of rotatable bonds is 3. The van der Waals surface area contributed by atoms with Gasteiger partial charge in [0.2, 0.25) is 10.1 Å². The molecular formula is C18H22N4O2S. The summed E-state index contributed by atoms with van der Waals surface area (Å²) in [6, 6.07) is 4.27. The van der Waals surface area contributed by atoms with Crippen molar-refractivity contribution in [1.29, 1.82) is 0 Å². The van der Waals surface area contributed by atoms with Gasteiger partial charge in [-0.05, 0) is 62.8 Å². The summed E-state index contributed by atoms with van der Waals surface area (Å²) in [7, 11) is 0. The normalized spacial score (nSPS) is 20.9. The number of anilines is 1. The summed E-state index contributed by atoms with van der Waals surface area (Å²) in [4.78, 5) is 5.52. The number of aliphatic hydroxyl groups excluding tert-OH is 1. The Labute approximate surface area is 150 Å². The zero-order valence-corrected chi connectivity index (χ0v) is 15.2. The van der Waals surface area contributed by atoms with Crippen LogP contribution in [0.2, 0.25) is 0 Å². The summed E-state index contributed by atoms with van der Waals surface area (Å²) in [5.41, 5.74) is 3.54. The Morgan fingerprint density at radius 3 is 2.48 bits per heavy atom. The molecule has 2 aromatic heterocycles. The number of aryl methyl sites for hydroxylation is 2. The van der Waals surface area contributed by atoms with Crippen LogP contribution in [0.3, 0.4) is 0 Å². The smallest absolute Gasteiger partial charge is 0.214 e. The van der Waals surface area contributed by atoms with Gasteiger partial charge in [-0.25, -0.2) is 9.50 Å². The van der Waals surface area contributed by atoms with Crippen LogP contribution in [0.5, 0.6) is 5.75 Å². The molecule has 0 aliphatic heterocycles. The Kier molecular flexibility index (Phi) is 4.13. The van der Waals surface area contributed by atoms with E-state index in [0.717, 1.165) is 58.2 Å². The summed E-state index contributed by atoms with van der Waals surface area (Å²) >= 11 is 1.54. The van der Waals surface area contributed by atoms with Crippen LogP contribution < -0.4 is 5.32 Å². The highest BCUT2D eigenvalue weighted by Gasteiger charge is 2.20. The van der Waals surface area contributed by atoms with E-state index in [1.165, 1.54) is 11.3 Å². The first-order valence-corrected chi connectivity index (χ1v) is 9.42. The topological polar surface area (TPSA) is 82.7 Å². The van der Waals surface area contributed by atoms with Crippen molar-refractivity contribution in [3.05, 3.63) is 29.5 Å². The molecule has 1 aromatic carbocycles. The summed E-state index contributed by atoms with van der Waals surface area (Å²) in [5.74, 6) is 0.340. The predicted octanol–water partition coefficient (Wildman–Crippen LogP) is 3.50. The average molecular weight is 358 g/mol. The molecule has 1 aliphatic carbocycles. The molecule has 0 saturated heterocycles. The van der Waals surface area contributed by atoms with E-state index in [4.69, 9.17) is 0 Å². The van der Waals surface area contributed by atoms with Crippen LogP contribution in [0.1, 0.15) is 36.8 Å². The fourth-order valence-electron chi connectivity index (χ4n) is 3.40. The molecule has 3 aromatic rings. The first-order valence-electron chi connectivity index (χ1n) is 8.61. The highest BCUT2D eigenvalue weighted by Crippen LogP contribution is 2.31. The monoisotopic (exact) mass is 358 g/mol. The fourth-order valence-corrected chi connectivity index (χ4v) is 4.25. The van der Waals surface area contributed by atoms with E-state index >= 15 is 0 Å². The lowest BCUT2D eigenvalue weighted by atomic mass is 9.93. The van der Waals surface area contributed by atoms with Gasteiger partial charge in [-0.3, -0.25) is 0 Å². The van der Waals surface area contributed by atoms with Crippen molar-refractivity contribution in [1.82, 2.24) is 14.6 Å². The lowest BCUT2D eigenvalue weighted by Gasteiger charge is -2.25. The minimum absolute atomic E-state index is 0.147. The second kappa shape index (κ2) is 6.31. The van der Waals surface area contributed by atoms with Crippen molar-refractivity contribution in [3.8, 4) is 17.0 Å². The molecule has 7 heteroatoms. The zero-order valence-electron chi connectivity index (χ0n) is 14.4. The average Bonchev–Trinajstić information content (AvgIpc) is 3.12. The lowest BCUT2D eigenvalue weighted by Crippen LogP contribution is -2.28. The quantitative estimate of drug-likeness (QED) is 0.667. The van der Waals surface area contributed by atoms with Crippen LogP contribution in [0.15, 0.2) is 18.3 Å². The Balaban J connectivity index is 1.55. The van der Waals surface area contributed by atoms with Gasteiger partial charge in [-0.15, -0.1) is 5.10 Å². The number of nitrogens with zero attached hydrogens (tertiary/aromatic N) is 3. The lowest BCUT2D eigenvalue weighted by molar-refractivity contribution is 0.126. The first kappa shape index (κ1) is 16.4. The highest BCUT2D eigenvalue weighted by molar-refractivity contribution is 7.20. The summed E-state index contributed by atoms with van der Waals surface area (Å²) < 4.78 is 1.80. The molecular weight excluding hydrogens is 336 g/mol. The number of phenolic OH excluding ortho intramolecular Hbond substituents is 1. The number of hydrogen-bond donors (Lipinski definition) is 3.